The summed E-state index contributed by atoms with van der Waals surface area (Å²) in [7, 11) is 0. The first-order valence-electron chi connectivity index (χ1n) is 7.52. The molecule has 0 unspecified atom stereocenters. The van der Waals surface area contributed by atoms with Crippen LogP contribution in [0, 0.1) is 5.92 Å². The van der Waals surface area contributed by atoms with Crippen LogP contribution < -0.4 is 21.1 Å². The third-order valence-electron chi connectivity index (χ3n) is 3.48. The number of anilines is 2. The van der Waals surface area contributed by atoms with Gasteiger partial charge in [0.1, 0.15) is 5.82 Å². The third-order valence-corrected chi connectivity index (χ3v) is 3.48. The maximum atomic E-state index is 11.2. The molecule has 1 heterocycles. The first-order valence-corrected chi connectivity index (χ1v) is 7.52. The van der Waals surface area contributed by atoms with Crippen molar-refractivity contribution in [3.63, 3.8) is 0 Å². The number of rotatable bonds is 9. The fourth-order valence-corrected chi connectivity index (χ4v) is 2.03. The van der Waals surface area contributed by atoms with Crippen LogP contribution in [-0.2, 0) is 4.79 Å². The van der Waals surface area contributed by atoms with Crippen LogP contribution in [0.1, 0.15) is 32.6 Å². The topological polar surface area (TPSA) is 94.5 Å². The van der Waals surface area contributed by atoms with Crippen LogP contribution in [-0.4, -0.2) is 30.6 Å². The van der Waals surface area contributed by atoms with E-state index in [4.69, 9.17) is 16.2 Å². The fourth-order valence-electron chi connectivity index (χ4n) is 2.03. The van der Waals surface area contributed by atoms with Crippen LogP contribution in [0.25, 0.3) is 0 Å². The highest BCUT2D eigenvalue weighted by Gasteiger charge is 2.23. The van der Waals surface area contributed by atoms with E-state index in [1.54, 1.807) is 12.1 Å². The number of carbonyl (C=O) groups is 1. The molecule has 0 spiro atoms. The number of ether oxygens (including phenoxy) is 1. The standard InChI is InChI=1S/C15H24N4O2/c1-2-3-8-19(9-13(17)20)14-7-6-12(16)15(18-14)21-10-11-4-5-11/h6-7,11H,2-5,8-10,16H2,1H3,(H2,17,20). The van der Waals surface area contributed by atoms with E-state index in [1.165, 1.54) is 12.8 Å². The van der Waals surface area contributed by atoms with Gasteiger partial charge in [0, 0.05) is 6.54 Å². The molecule has 6 heteroatoms. The molecule has 0 aromatic carbocycles. The number of primary amides is 1. The average Bonchev–Trinajstić information content (AvgIpc) is 3.26. The Morgan fingerprint density at radius 2 is 2.24 bits per heavy atom. The van der Waals surface area contributed by atoms with Gasteiger partial charge in [0.05, 0.1) is 18.8 Å². The minimum absolute atomic E-state index is 0.152. The first kappa shape index (κ1) is 15.4. The molecule has 0 saturated heterocycles. The zero-order chi connectivity index (χ0) is 15.2. The van der Waals surface area contributed by atoms with Crippen molar-refractivity contribution in [2.75, 3.05) is 30.3 Å². The summed E-state index contributed by atoms with van der Waals surface area (Å²) in [6, 6.07) is 3.57. The van der Waals surface area contributed by atoms with Gasteiger partial charge in [-0.2, -0.15) is 4.98 Å². The highest BCUT2D eigenvalue weighted by atomic mass is 16.5. The number of unbranched alkanes of at least 4 members (excludes halogenated alkanes) is 1. The van der Waals surface area contributed by atoms with Gasteiger partial charge in [0.25, 0.3) is 0 Å². The molecule has 0 aliphatic heterocycles. The van der Waals surface area contributed by atoms with E-state index in [0.717, 1.165) is 19.4 Å². The van der Waals surface area contributed by atoms with Crippen molar-refractivity contribution in [1.29, 1.82) is 0 Å². The number of hydrogen-bond acceptors (Lipinski definition) is 5. The summed E-state index contributed by atoms with van der Waals surface area (Å²) in [6.07, 6.45) is 4.43. The van der Waals surface area contributed by atoms with E-state index in [0.29, 0.717) is 29.9 Å². The molecule has 4 N–H and O–H groups in total. The molecule has 1 aliphatic rings. The summed E-state index contributed by atoms with van der Waals surface area (Å²) in [4.78, 5) is 17.5. The predicted molar refractivity (Wildman–Crippen MR) is 83.2 cm³/mol. The number of hydrogen-bond donors (Lipinski definition) is 2. The summed E-state index contributed by atoms with van der Waals surface area (Å²) in [5, 5.41) is 0. The smallest absolute Gasteiger partial charge is 0.239 e. The van der Waals surface area contributed by atoms with Crippen molar-refractivity contribution in [2.45, 2.75) is 32.6 Å². The molecule has 0 radical (unpaired) electrons. The molecule has 6 nitrogen and oxygen atoms in total. The summed E-state index contributed by atoms with van der Waals surface area (Å²) in [5.41, 5.74) is 11.7. The molecule has 2 rings (SSSR count). The zero-order valence-corrected chi connectivity index (χ0v) is 12.5. The highest BCUT2D eigenvalue weighted by Crippen LogP contribution is 2.31. The molecule has 1 saturated carbocycles. The Balaban J connectivity index is 2.09. The second kappa shape index (κ2) is 7.15. The summed E-state index contributed by atoms with van der Waals surface area (Å²) < 4.78 is 5.68. The summed E-state index contributed by atoms with van der Waals surface area (Å²) in [6.45, 7) is 3.64. The van der Waals surface area contributed by atoms with Crippen LogP contribution in [0.3, 0.4) is 0 Å². The van der Waals surface area contributed by atoms with Gasteiger partial charge < -0.3 is 21.1 Å². The van der Waals surface area contributed by atoms with Crippen LogP contribution in [0.2, 0.25) is 0 Å². The van der Waals surface area contributed by atoms with Crippen molar-refractivity contribution < 1.29 is 9.53 Å². The van der Waals surface area contributed by atoms with Crippen LogP contribution in [0.4, 0.5) is 11.5 Å². The van der Waals surface area contributed by atoms with Crippen LogP contribution in [0.15, 0.2) is 12.1 Å². The largest absolute Gasteiger partial charge is 0.476 e. The monoisotopic (exact) mass is 292 g/mol. The van der Waals surface area contributed by atoms with Crippen LogP contribution >= 0.6 is 0 Å². The lowest BCUT2D eigenvalue weighted by Gasteiger charge is -2.22. The number of pyridine rings is 1. The third kappa shape index (κ3) is 4.81. The van der Waals surface area contributed by atoms with E-state index in [-0.39, 0.29) is 12.5 Å². The van der Waals surface area contributed by atoms with Gasteiger partial charge in [0.15, 0.2) is 0 Å². The van der Waals surface area contributed by atoms with E-state index in [2.05, 4.69) is 11.9 Å². The molecule has 116 valence electrons. The molecule has 1 aromatic heterocycles. The lowest BCUT2D eigenvalue weighted by atomic mass is 10.3. The Bertz CT molecular complexity index is 489. The van der Waals surface area contributed by atoms with Gasteiger partial charge in [0.2, 0.25) is 11.8 Å². The summed E-state index contributed by atoms with van der Waals surface area (Å²) >= 11 is 0. The minimum Gasteiger partial charge on any atom is -0.476 e. The van der Waals surface area contributed by atoms with Gasteiger partial charge in [-0.3, -0.25) is 4.79 Å². The Hall–Kier alpha value is -1.98. The van der Waals surface area contributed by atoms with Gasteiger partial charge in [-0.05, 0) is 37.3 Å². The first-order chi connectivity index (χ1) is 10.1. The van der Waals surface area contributed by atoms with Gasteiger partial charge >= 0.3 is 0 Å². The van der Waals surface area contributed by atoms with Gasteiger partial charge in [-0.25, -0.2) is 0 Å². The number of amides is 1. The molecule has 21 heavy (non-hydrogen) atoms. The van der Waals surface area contributed by atoms with Crippen molar-refractivity contribution >= 4 is 17.4 Å². The predicted octanol–water partition coefficient (Wildman–Crippen LogP) is 1.54. The molecule has 1 aliphatic carbocycles. The van der Waals surface area contributed by atoms with Crippen LogP contribution in [0.5, 0.6) is 5.88 Å². The van der Waals surface area contributed by atoms with Gasteiger partial charge in [-0.1, -0.05) is 13.3 Å². The fraction of sp³-hybridized carbons (Fsp3) is 0.600. The number of nitrogens with zero attached hydrogens (tertiary/aromatic N) is 2. The van der Waals surface area contributed by atoms with E-state index in [9.17, 15) is 4.79 Å². The molecule has 1 aromatic rings. The maximum Gasteiger partial charge on any atom is 0.239 e. The van der Waals surface area contributed by atoms with E-state index in [1.807, 2.05) is 4.90 Å². The Morgan fingerprint density at radius 3 is 2.86 bits per heavy atom. The lowest BCUT2D eigenvalue weighted by molar-refractivity contribution is -0.116. The SMILES string of the molecule is CCCCN(CC(N)=O)c1ccc(N)c(OCC2CC2)n1. The highest BCUT2D eigenvalue weighted by molar-refractivity contribution is 5.79. The molecule has 1 amide bonds. The minimum atomic E-state index is -0.370. The molecular formula is C15H24N4O2. The number of nitrogen functional groups attached to an aromatic ring is 1. The molecule has 0 bridgehead atoms. The lowest BCUT2D eigenvalue weighted by Crippen LogP contribution is -2.35. The summed E-state index contributed by atoms with van der Waals surface area (Å²) in [5.74, 6) is 1.40. The number of carbonyl (C=O) groups excluding carboxylic acids is 1. The normalized spacial score (nSPS) is 14.0. The second-order valence-electron chi connectivity index (χ2n) is 5.56. The average molecular weight is 292 g/mol. The Kier molecular flexibility index (Phi) is 5.25. The Morgan fingerprint density at radius 1 is 1.48 bits per heavy atom. The molecule has 1 fully saturated rings. The van der Waals surface area contributed by atoms with Crippen molar-refractivity contribution in [2.24, 2.45) is 11.7 Å². The number of nitrogens with two attached hydrogens (primary N) is 2. The van der Waals surface area contributed by atoms with Crippen molar-refractivity contribution in [3.05, 3.63) is 12.1 Å². The van der Waals surface area contributed by atoms with E-state index >= 15 is 0 Å². The molecule has 0 atom stereocenters. The van der Waals surface area contributed by atoms with Gasteiger partial charge in [-0.15, -0.1) is 0 Å². The zero-order valence-electron chi connectivity index (χ0n) is 12.5. The molecular weight excluding hydrogens is 268 g/mol. The second-order valence-corrected chi connectivity index (χ2v) is 5.56. The maximum absolute atomic E-state index is 11.2. The number of aromatic nitrogens is 1. The van der Waals surface area contributed by atoms with E-state index < -0.39 is 0 Å². The van der Waals surface area contributed by atoms with Crippen molar-refractivity contribution in [3.8, 4) is 5.88 Å². The quantitative estimate of drug-likeness (QED) is 0.720. The van der Waals surface area contributed by atoms with Crippen molar-refractivity contribution in [1.82, 2.24) is 4.98 Å². The Labute approximate surface area is 125 Å².